The average molecular weight is 379 g/mol. The van der Waals surface area contributed by atoms with Crippen LogP contribution in [0.5, 0.6) is 0 Å². The number of fused-ring (bicyclic) bond motifs is 1. The van der Waals surface area contributed by atoms with Crippen molar-refractivity contribution in [1.29, 1.82) is 0 Å². The van der Waals surface area contributed by atoms with Gasteiger partial charge in [0.15, 0.2) is 0 Å². The molecule has 2 rings (SSSR count). The van der Waals surface area contributed by atoms with Crippen molar-refractivity contribution >= 4 is 5.70 Å². The molecule has 1 aliphatic heterocycles. The summed E-state index contributed by atoms with van der Waals surface area (Å²) in [6.07, 6.45) is 13.9. The van der Waals surface area contributed by atoms with Gasteiger partial charge in [0.05, 0.1) is 6.04 Å². The van der Waals surface area contributed by atoms with E-state index in [9.17, 15) is 0 Å². The molecular formula is C26H38N2. The number of unbranched alkanes of at least 4 members (excludes halogenated alkanes) is 4. The number of hydrogen-bond acceptors (Lipinski definition) is 2. The maximum atomic E-state index is 4.36. The van der Waals surface area contributed by atoms with E-state index in [0.717, 1.165) is 25.1 Å². The third kappa shape index (κ3) is 6.55. The quantitative estimate of drug-likeness (QED) is 0.229. The third-order valence-corrected chi connectivity index (χ3v) is 5.62. The van der Waals surface area contributed by atoms with Gasteiger partial charge in [-0.3, -0.25) is 0 Å². The molecule has 1 aromatic rings. The number of benzene rings is 1. The lowest BCUT2D eigenvalue weighted by Gasteiger charge is -2.27. The Hall–Kier alpha value is -2.02. The van der Waals surface area contributed by atoms with Crippen molar-refractivity contribution in [2.45, 2.75) is 64.0 Å². The highest BCUT2D eigenvalue weighted by atomic mass is 15.2. The smallest absolute Gasteiger partial charge is 0.0553 e. The Bertz CT molecular complexity index is 694. The molecule has 0 fully saturated rings. The maximum absolute atomic E-state index is 4.36. The Labute approximate surface area is 172 Å². The predicted molar refractivity (Wildman–Crippen MR) is 123 cm³/mol. The van der Waals surface area contributed by atoms with E-state index in [1.807, 2.05) is 6.08 Å². The Kier molecular flexibility index (Phi) is 9.34. The van der Waals surface area contributed by atoms with Crippen molar-refractivity contribution in [1.82, 2.24) is 9.80 Å². The molecule has 0 saturated heterocycles. The number of aryl methyl sites for hydroxylation is 1. The minimum Gasteiger partial charge on any atom is -0.360 e. The van der Waals surface area contributed by atoms with Gasteiger partial charge in [-0.1, -0.05) is 56.7 Å². The Balaban J connectivity index is 1.86. The fraction of sp³-hybridized carbons (Fsp3) is 0.500. The van der Waals surface area contributed by atoms with Crippen LogP contribution < -0.4 is 0 Å². The van der Waals surface area contributed by atoms with Crippen molar-refractivity contribution in [2.75, 3.05) is 20.6 Å². The molecule has 0 aromatic heterocycles. The molecule has 2 heteroatoms. The number of allylic oxidation sites excluding steroid dienone is 1. The van der Waals surface area contributed by atoms with Crippen LogP contribution in [-0.2, 0) is 13.0 Å². The van der Waals surface area contributed by atoms with Crippen LogP contribution in [0, 0.1) is 0 Å². The molecule has 28 heavy (non-hydrogen) atoms. The second-order valence-corrected chi connectivity index (χ2v) is 8.19. The Morgan fingerprint density at radius 1 is 1.18 bits per heavy atom. The predicted octanol–water partition coefficient (Wildman–Crippen LogP) is 6.20. The van der Waals surface area contributed by atoms with Crippen LogP contribution in [0.1, 0.15) is 61.6 Å². The van der Waals surface area contributed by atoms with Crippen molar-refractivity contribution in [3.8, 4) is 0 Å². The summed E-state index contributed by atoms with van der Waals surface area (Å²) in [5, 5.41) is 0. The van der Waals surface area contributed by atoms with Gasteiger partial charge in [0.1, 0.15) is 0 Å². The molecule has 1 aromatic carbocycles. The minimum atomic E-state index is 0.293. The van der Waals surface area contributed by atoms with E-state index >= 15 is 0 Å². The normalized spacial score (nSPS) is 14.1. The van der Waals surface area contributed by atoms with Gasteiger partial charge >= 0.3 is 0 Å². The topological polar surface area (TPSA) is 6.48 Å². The second kappa shape index (κ2) is 11.7. The molecule has 2 nitrogen and oxygen atoms in total. The van der Waals surface area contributed by atoms with E-state index < -0.39 is 0 Å². The zero-order valence-corrected chi connectivity index (χ0v) is 18.1. The molecule has 1 unspecified atom stereocenters. The average Bonchev–Trinajstić information content (AvgIpc) is 3.00. The van der Waals surface area contributed by atoms with Gasteiger partial charge in [-0.2, -0.15) is 0 Å². The van der Waals surface area contributed by atoms with Gasteiger partial charge in [-0.15, -0.1) is 12.3 Å². The standard InChI is InChI=1S/C26H38N2/c1-6-8-16-25(14-7-2)28-21-24-20-23(17-18-26(24)22(28)3)15-12-10-9-11-13-19-27(4)5/h6,14,17-18,20,25H,1-3,8-13,15-16,19,21H2,4-5H3. The molecule has 0 bridgehead atoms. The zero-order chi connectivity index (χ0) is 20.4. The largest absolute Gasteiger partial charge is 0.360 e. The highest BCUT2D eigenvalue weighted by Gasteiger charge is 2.26. The molecule has 1 atom stereocenters. The highest BCUT2D eigenvalue weighted by Crippen LogP contribution is 2.35. The maximum Gasteiger partial charge on any atom is 0.0553 e. The van der Waals surface area contributed by atoms with Crippen molar-refractivity contribution in [3.05, 3.63) is 72.5 Å². The summed E-state index contributed by atoms with van der Waals surface area (Å²) >= 11 is 0. The van der Waals surface area contributed by atoms with Gasteiger partial charge in [-0.05, 0) is 69.9 Å². The van der Waals surface area contributed by atoms with E-state index in [4.69, 9.17) is 0 Å². The number of hydrogen-bond donors (Lipinski definition) is 0. The summed E-state index contributed by atoms with van der Waals surface area (Å²) in [6, 6.07) is 7.25. The molecule has 152 valence electrons. The molecular weight excluding hydrogens is 340 g/mol. The van der Waals surface area contributed by atoms with Crippen LogP contribution in [0.2, 0.25) is 0 Å². The van der Waals surface area contributed by atoms with Crippen LogP contribution in [0.3, 0.4) is 0 Å². The van der Waals surface area contributed by atoms with Crippen LogP contribution in [-0.4, -0.2) is 36.5 Å². The van der Waals surface area contributed by atoms with E-state index in [2.05, 4.69) is 73.6 Å². The summed E-state index contributed by atoms with van der Waals surface area (Å²) in [5.41, 5.74) is 8.27. The van der Waals surface area contributed by atoms with E-state index in [1.54, 1.807) is 0 Å². The van der Waals surface area contributed by atoms with Crippen molar-refractivity contribution in [3.63, 3.8) is 0 Å². The summed E-state index contributed by atoms with van der Waals surface area (Å²) in [6.45, 7) is 14.1. The van der Waals surface area contributed by atoms with E-state index in [1.165, 1.54) is 61.8 Å². The van der Waals surface area contributed by atoms with Crippen molar-refractivity contribution in [2.24, 2.45) is 0 Å². The summed E-state index contributed by atoms with van der Waals surface area (Å²) in [4.78, 5) is 4.66. The van der Waals surface area contributed by atoms with Crippen LogP contribution in [0.25, 0.3) is 5.70 Å². The lowest BCUT2D eigenvalue weighted by Crippen LogP contribution is -2.27. The lowest BCUT2D eigenvalue weighted by atomic mass is 10.0. The summed E-state index contributed by atoms with van der Waals surface area (Å²) in [7, 11) is 4.30. The van der Waals surface area contributed by atoms with Crippen LogP contribution >= 0.6 is 0 Å². The number of rotatable bonds is 13. The molecule has 0 spiro atoms. The van der Waals surface area contributed by atoms with Gasteiger partial charge in [0.25, 0.3) is 0 Å². The van der Waals surface area contributed by atoms with Crippen LogP contribution in [0.4, 0.5) is 0 Å². The SMILES string of the molecule is C=C=CC(CCC=C)N1Cc2cc(CCCCCCCN(C)C)ccc2C1=C. The lowest BCUT2D eigenvalue weighted by molar-refractivity contribution is 0.333. The molecule has 0 radical (unpaired) electrons. The summed E-state index contributed by atoms with van der Waals surface area (Å²) in [5.74, 6) is 0. The molecule has 0 N–H and O–H groups in total. The molecule has 1 aliphatic rings. The third-order valence-electron chi connectivity index (χ3n) is 5.62. The molecule has 0 aliphatic carbocycles. The van der Waals surface area contributed by atoms with Crippen LogP contribution in [0.15, 0.2) is 55.8 Å². The van der Waals surface area contributed by atoms with Gasteiger partial charge in [-0.25, -0.2) is 0 Å². The fourth-order valence-corrected chi connectivity index (χ4v) is 4.01. The number of nitrogens with zero attached hydrogens (tertiary/aromatic N) is 2. The minimum absolute atomic E-state index is 0.293. The molecule has 0 saturated carbocycles. The Morgan fingerprint density at radius 3 is 2.64 bits per heavy atom. The van der Waals surface area contributed by atoms with Crippen molar-refractivity contribution < 1.29 is 0 Å². The van der Waals surface area contributed by atoms with Gasteiger partial charge < -0.3 is 9.80 Å². The first-order valence-electron chi connectivity index (χ1n) is 10.8. The van der Waals surface area contributed by atoms with E-state index in [-0.39, 0.29) is 0 Å². The Morgan fingerprint density at radius 2 is 1.93 bits per heavy atom. The zero-order valence-electron chi connectivity index (χ0n) is 18.1. The fourth-order valence-electron chi connectivity index (χ4n) is 4.01. The monoisotopic (exact) mass is 378 g/mol. The first-order valence-corrected chi connectivity index (χ1v) is 10.8. The summed E-state index contributed by atoms with van der Waals surface area (Å²) < 4.78 is 0. The first-order chi connectivity index (χ1) is 13.6. The first kappa shape index (κ1) is 22.3. The van der Waals surface area contributed by atoms with Gasteiger partial charge in [0.2, 0.25) is 0 Å². The second-order valence-electron chi connectivity index (χ2n) is 8.19. The molecule has 0 amide bonds. The van der Waals surface area contributed by atoms with E-state index in [0.29, 0.717) is 6.04 Å². The van der Waals surface area contributed by atoms with Gasteiger partial charge in [0, 0.05) is 17.8 Å². The molecule has 1 heterocycles. The highest BCUT2D eigenvalue weighted by molar-refractivity contribution is 5.69.